The third-order valence-electron chi connectivity index (χ3n) is 2.88. The first kappa shape index (κ1) is 11.1. The molecule has 0 aliphatic heterocycles. The third-order valence-corrected chi connectivity index (χ3v) is 2.88. The molecule has 0 amide bonds. The molecular formula is C14H18N2. The minimum Gasteiger partial charge on any atom is -0.310 e. The van der Waals surface area contributed by atoms with E-state index in [-0.39, 0.29) is 0 Å². The molecule has 1 atom stereocenters. The predicted molar refractivity (Wildman–Crippen MR) is 68.5 cm³/mol. The van der Waals surface area contributed by atoms with Gasteiger partial charge in [-0.15, -0.1) is 0 Å². The lowest BCUT2D eigenvalue weighted by Gasteiger charge is -2.15. The van der Waals surface area contributed by atoms with E-state index >= 15 is 0 Å². The van der Waals surface area contributed by atoms with E-state index in [1.54, 1.807) is 0 Å². The molecule has 2 aromatic rings. The number of benzene rings is 1. The summed E-state index contributed by atoms with van der Waals surface area (Å²) < 4.78 is 0. The van der Waals surface area contributed by atoms with Crippen LogP contribution in [0.2, 0.25) is 0 Å². The van der Waals surface area contributed by atoms with Crippen LogP contribution in [0.25, 0.3) is 10.8 Å². The molecule has 1 heterocycles. The number of nitrogens with one attached hydrogen (secondary N) is 1. The highest BCUT2D eigenvalue weighted by Gasteiger charge is 2.07. The van der Waals surface area contributed by atoms with E-state index in [0.717, 1.165) is 13.0 Å². The largest absolute Gasteiger partial charge is 0.310 e. The summed E-state index contributed by atoms with van der Waals surface area (Å²) in [7, 11) is 0. The summed E-state index contributed by atoms with van der Waals surface area (Å²) in [6.07, 6.45) is 4.96. The molecule has 0 aliphatic carbocycles. The highest BCUT2D eigenvalue weighted by atomic mass is 14.9. The number of rotatable bonds is 4. The zero-order valence-electron chi connectivity index (χ0n) is 9.90. The van der Waals surface area contributed by atoms with Crippen LogP contribution < -0.4 is 5.32 Å². The van der Waals surface area contributed by atoms with Crippen molar-refractivity contribution < 1.29 is 0 Å². The molecule has 1 N–H and O–H groups in total. The fraction of sp³-hybridized carbons (Fsp3) is 0.357. The summed E-state index contributed by atoms with van der Waals surface area (Å²) >= 11 is 0. The molecule has 84 valence electrons. The van der Waals surface area contributed by atoms with E-state index < -0.39 is 0 Å². The van der Waals surface area contributed by atoms with Crippen LogP contribution in [-0.4, -0.2) is 11.5 Å². The van der Waals surface area contributed by atoms with Crippen LogP contribution in [0.4, 0.5) is 0 Å². The van der Waals surface area contributed by atoms with Crippen LogP contribution in [-0.2, 0) is 0 Å². The molecule has 0 bridgehead atoms. The Balaban J connectivity index is 2.36. The van der Waals surface area contributed by atoms with E-state index in [9.17, 15) is 0 Å². The summed E-state index contributed by atoms with van der Waals surface area (Å²) in [5.74, 6) is 0. The van der Waals surface area contributed by atoms with E-state index in [0.29, 0.717) is 6.04 Å². The quantitative estimate of drug-likeness (QED) is 0.844. The highest BCUT2D eigenvalue weighted by molar-refractivity contribution is 5.85. The maximum absolute atomic E-state index is 4.21. The lowest BCUT2D eigenvalue weighted by molar-refractivity contribution is 0.574. The number of hydrogen-bond donors (Lipinski definition) is 1. The number of nitrogens with zero attached hydrogens (tertiary/aromatic N) is 1. The summed E-state index contributed by atoms with van der Waals surface area (Å²) in [5, 5.41) is 6.03. The van der Waals surface area contributed by atoms with Gasteiger partial charge in [0, 0.05) is 23.8 Å². The van der Waals surface area contributed by atoms with Crippen molar-refractivity contribution in [2.45, 2.75) is 26.3 Å². The van der Waals surface area contributed by atoms with Crippen LogP contribution in [0.5, 0.6) is 0 Å². The molecule has 0 saturated heterocycles. The van der Waals surface area contributed by atoms with E-state index in [2.05, 4.69) is 48.4 Å². The smallest absolute Gasteiger partial charge is 0.0349 e. The highest BCUT2D eigenvalue weighted by Crippen LogP contribution is 2.22. The third kappa shape index (κ3) is 2.22. The molecular weight excluding hydrogens is 196 g/mol. The number of aromatic nitrogens is 1. The Labute approximate surface area is 96.7 Å². The van der Waals surface area contributed by atoms with E-state index in [4.69, 9.17) is 0 Å². The van der Waals surface area contributed by atoms with Crippen LogP contribution in [0.15, 0.2) is 36.7 Å². The molecule has 0 radical (unpaired) electrons. The standard InChI is InChI=1S/C14H18N2/c1-3-8-16-11(2)13-6-4-5-12-7-9-15-10-14(12)13/h4-7,9-11,16H,3,8H2,1-2H3. The molecule has 2 rings (SSSR count). The number of hydrogen-bond acceptors (Lipinski definition) is 2. The minimum atomic E-state index is 0.382. The van der Waals surface area contributed by atoms with Gasteiger partial charge < -0.3 is 5.32 Å². The van der Waals surface area contributed by atoms with Crippen molar-refractivity contribution in [1.82, 2.24) is 10.3 Å². The molecule has 2 heteroatoms. The van der Waals surface area contributed by atoms with Gasteiger partial charge >= 0.3 is 0 Å². The average molecular weight is 214 g/mol. The monoisotopic (exact) mass is 214 g/mol. The molecule has 1 aromatic carbocycles. The van der Waals surface area contributed by atoms with Crippen molar-refractivity contribution in [1.29, 1.82) is 0 Å². The van der Waals surface area contributed by atoms with Gasteiger partial charge in [-0.2, -0.15) is 0 Å². The van der Waals surface area contributed by atoms with Gasteiger partial charge in [0.2, 0.25) is 0 Å². The number of fused-ring (bicyclic) bond motifs is 1. The summed E-state index contributed by atoms with van der Waals surface area (Å²) in [6.45, 7) is 5.44. The second kappa shape index (κ2) is 5.08. The Morgan fingerprint density at radius 2 is 2.19 bits per heavy atom. The van der Waals surface area contributed by atoms with Gasteiger partial charge in [0.05, 0.1) is 0 Å². The number of pyridine rings is 1. The van der Waals surface area contributed by atoms with Crippen molar-refractivity contribution in [3.8, 4) is 0 Å². The zero-order chi connectivity index (χ0) is 11.4. The molecule has 0 spiro atoms. The maximum atomic E-state index is 4.21. The van der Waals surface area contributed by atoms with Gasteiger partial charge in [0.15, 0.2) is 0 Å². The summed E-state index contributed by atoms with van der Waals surface area (Å²) in [6, 6.07) is 8.87. The molecule has 0 aliphatic rings. The minimum absolute atomic E-state index is 0.382. The molecule has 1 aromatic heterocycles. The fourth-order valence-electron chi connectivity index (χ4n) is 1.99. The topological polar surface area (TPSA) is 24.9 Å². The first-order chi connectivity index (χ1) is 7.83. The molecule has 2 nitrogen and oxygen atoms in total. The lowest BCUT2D eigenvalue weighted by atomic mass is 10.0. The molecule has 0 saturated carbocycles. The normalized spacial score (nSPS) is 12.9. The summed E-state index contributed by atoms with van der Waals surface area (Å²) in [4.78, 5) is 4.21. The van der Waals surface area contributed by atoms with Gasteiger partial charge in [-0.05, 0) is 36.9 Å². The Kier molecular flexibility index (Phi) is 3.52. The van der Waals surface area contributed by atoms with E-state index in [1.807, 2.05) is 12.4 Å². The molecule has 16 heavy (non-hydrogen) atoms. The van der Waals surface area contributed by atoms with Gasteiger partial charge in [-0.1, -0.05) is 25.1 Å². The van der Waals surface area contributed by atoms with Crippen LogP contribution in [0, 0.1) is 0 Å². The Morgan fingerprint density at radius 3 is 3.00 bits per heavy atom. The fourth-order valence-corrected chi connectivity index (χ4v) is 1.99. The Morgan fingerprint density at radius 1 is 1.31 bits per heavy atom. The van der Waals surface area contributed by atoms with Crippen molar-refractivity contribution in [2.24, 2.45) is 0 Å². The SMILES string of the molecule is CCCNC(C)c1cccc2ccncc12. The Bertz CT molecular complexity index is 460. The maximum Gasteiger partial charge on any atom is 0.0349 e. The first-order valence-electron chi connectivity index (χ1n) is 5.89. The van der Waals surface area contributed by atoms with Crippen molar-refractivity contribution >= 4 is 10.8 Å². The van der Waals surface area contributed by atoms with E-state index in [1.165, 1.54) is 16.3 Å². The second-order valence-electron chi connectivity index (χ2n) is 4.12. The average Bonchev–Trinajstić information content (AvgIpc) is 2.35. The van der Waals surface area contributed by atoms with Gasteiger partial charge in [0.1, 0.15) is 0 Å². The van der Waals surface area contributed by atoms with Crippen LogP contribution >= 0.6 is 0 Å². The predicted octanol–water partition coefficient (Wildman–Crippen LogP) is 3.30. The van der Waals surface area contributed by atoms with Crippen molar-refractivity contribution in [2.75, 3.05) is 6.54 Å². The van der Waals surface area contributed by atoms with Crippen LogP contribution in [0.1, 0.15) is 31.9 Å². The van der Waals surface area contributed by atoms with Gasteiger partial charge in [-0.25, -0.2) is 0 Å². The summed E-state index contributed by atoms with van der Waals surface area (Å²) in [5.41, 5.74) is 1.33. The molecule has 0 fully saturated rings. The zero-order valence-corrected chi connectivity index (χ0v) is 9.90. The first-order valence-corrected chi connectivity index (χ1v) is 5.89. The van der Waals surface area contributed by atoms with Gasteiger partial charge in [0.25, 0.3) is 0 Å². The lowest BCUT2D eigenvalue weighted by Crippen LogP contribution is -2.19. The second-order valence-corrected chi connectivity index (χ2v) is 4.12. The van der Waals surface area contributed by atoms with Crippen molar-refractivity contribution in [3.63, 3.8) is 0 Å². The molecule has 1 unspecified atom stereocenters. The van der Waals surface area contributed by atoms with Crippen LogP contribution in [0.3, 0.4) is 0 Å². The van der Waals surface area contributed by atoms with Crippen molar-refractivity contribution in [3.05, 3.63) is 42.2 Å². The Hall–Kier alpha value is -1.41. The van der Waals surface area contributed by atoms with Gasteiger partial charge in [-0.3, -0.25) is 4.98 Å².